The summed E-state index contributed by atoms with van der Waals surface area (Å²) in [5, 5.41) is 20.7. The van der Waals surface area contributed by atoms with Crippen LogP contribution in [0.3, 0.4) is 0 Å². The summed E-state index contributed by atoms with van der Waals surface area (Å²) in [6, 6.07) is -1.14. The molecule has 0 amide bonds. The van der Waals surface area contributed by atoms with Crippen LogP contribution in [0.4, 0.5) is 11.8 Å². The SMILES string of the molecule is [2H]C(C)(C)[C@H](N)C(=O)OC[C@H]1OC(N2CSc3cnc(N)nc32)[C@H](O)[C@@H]1O. The largest absolute Gasteiger partial charge is 0.462 e. The highest BCUT2D eigenvalue weighted by Crippen LogP contribution is 2.40. The van der Waals surface area contributed by atoms with Crippen LogP contribution in [0.25, 0.3) is 0 Å². The Balaban J connectivity index is 1.65. The molecule has 0 radical (unpaired) electrons. The monoisotopic (exact) mass is 386 g/mol. The number of aliphatic hydroxyl groups is 2. The van der Waals surface area contributed by atoms with Crippen LogP contribution in [-0.4, -0.2) is 69.2 Å². The second-order valence-corrected chi connectivity index (χ2v) is 7.38. The maximum absolute atomic E-state index is 12.0. The average Bonchev–Trinajstić information content (AvgIpc) is 3.13. The second-order valence-electron chi connectivity index (χ2n) is 6.39. The van der Waals surface area contributed by atoms with E-state index in [-0.39, 0.29) is 12.6 Å². The number of hydrogen-bond acceptors (Lipinski definition) is 11. The number of fused-ring (bicyclic) bond motifs is 1. The molecule has 3 heterocycles. The molecule has 6 N–H and O–H groups in total. The number of carbonyl (C=O) groups is 1. The van der Waals surface area contributed by atoms with E-state index in [9.17, 15) is 15.0 Å². The molecule has 5 atom stereocenters. The first-order valence-electron chi connectivity index (χ1n) is 8.55. The summed E-state index contributed by atoms with van der Waals surface area (Å²) in [4.78, 5) is 22.5. The number of nitrogens with two attached hydrogens (primary N) is 2. The van der Waals surface area contributed by atoms with Gasteiger partial charge >= 0.3 is 5.97 Å². The van der Waals surface area contributed by atoms with Crippen molar-refractivity contribution in [3.63, 3.8) is 0 Å². The van der Waals surface area contributed by atoms with Gasteiger partial charge < -0.3 is 36.1 Å². The van der Waals surface area contributed by atoms with Crippen LogP contribution in [-0.2, 0) is 14.3 Å². The van der Waals surface area contributed by atoms with Gasteiger partial charge in [0.2, 0.25) is 5.95 Å². The van der Waals surface area contributed by atoms with E-state index < -0.39 is 42.4 Å². The van der Waals surface area contributed by atoms with E-state index >= 15 is 0 Å². The molecule has 1 unspecified atom stereocenters. The number of hydrogen-bond donors (Lipinski definition) is 4. The molecule has 2 aliphatic rings. The highest BCUT2D eigenvalue weighted by Gasteiger charge is 2.48. The number of thioether (sulfide) groups is 1. The van der Waals surface area contributed by atoms with Crippen LogP contribution in [0.5, 0.6) is 0 Å². The van der Waals surface area contributed by atoms with E-state index in [0.717, 1.165) is 4.90 Å². The predicted octanol–water partition coefficient (Wildman–Crippen LogP) is -1.10. The van der Waals surface area contributed by atoms with Gasteiger partial charge in [-0.2, -0.15) is 4.98 Å². The van der Waals surface area contributed by atoms with Crippen molar-refractivity contribution in [1.29, 1.82) is 0 Å². The normalized spacial score (nSPS) is 30.0. The lowest BCUT2D eigenvalue weighted by Gasteiger charge is -2.27. The van der Waals surface area contributed by atoms with E-state index in [2.05, 4.69) is 9.97 Å². The maximum atomic E-state index is 12.0. The van der Waals surface area contributed by atoms with E-state index in [1.54, 1.807) is 11.1 Å². The molecular weight excluding hydrogens is 362 g/mol. The number of esters is 1. The van der Waals surface area contributed by atoms with Gasteiger partial charge in [-0.05, 0) is 5.89 Å². The highest BCUT2D eigenvalue weighted by molar-refractivity contribution is 7.99. The zero-order valence-corrected chi connectivity index (χ0v) is 15.2. The molecule has 2 aliphatic heterocycles. The fourth-order valence-corrected chi connectivity index (χ4v) is 3.66. The van der Waals surface area contributed by atoms with Crippen molar-refractivity contribution in [2.75, 3.05) is 23.1 Å². The zero-order chi connectivity index (χ0) is 19.9. The lowest BCUT2D eigenvalue weighted by Crippen LogP contribution is -2.43. The van der Waals surface area contributed by atoms with Crippen molar-refractivity contribution in [3.05, 3.63) is 6.20 Å². The number of ether oxygens (including phenoxy) is 2. The van der Waals surface area contributed by atoms with Gasteiger partial charge in [0.1, 0.15) is 31.0 Å². The topological polar surface area (TPSA) is 157 Å². The van der Waals surface area contributed by atoms with Gasteiger partial charge in [-0.3, -0.25) is 4.79 Å². The molecule has 1 aromatic rings. The molecule has 1 fully saturated rings. The molecule has 3 rings (SSSR count). The average molecular weight is 386 g/mol. The van der Waals surface area contributed by atoms with Crippen LogP contribution < -0.4 is 16.4 Å². The standard InChI is InChI=1S/C15H23N5O5S/c1-6(2)9(16)14(23)24-4-7-10(21)11(22)13(25-7)20-5-26-8-3-18-15(17)19-12(8)20/h3,6-7,9-11,13,21-22H,4-5,16H2,1-2H3,(H2,17,18,19)/t7-,9+,10-,11-,13?/m1/s1/i6D. The van der Waals surface area contributed by atoms with Crippen molar-refractivity contribution < 1.29 is 25.9 Å². The molecule has 1 aromatic heterocycles. The van der Waals surface area contributed by atoms with Crippen molar-refractivity contribution >= 4 is 29.5 Å². The van der Waals surface area contributed by atoms with Gasteiger partial charge in [-0.15, -0.1) is 0 Å². The summed E-state index contributed by atoms with van der Waals surface area (Å²) < 4.78 is 18.6. The third-order valence-electron chi connectivity index (χ3n) is 4.30. The van der Waals surface area contributed by atoms with Gasteiger partial charge in [-0.1, -0.05) is 25.6 Å². The van der Waals surface area contributed by atoms with Crippen LogP contribution >= 0.6 is 11.8 Å². The van der Waals surface area contributed by atoms with Crippen molar-refractivity contribution in [2.24, 2.45) is 11.6 Å². The molecule has 0 aromatic carbocycles. The molecular formula is C15H23N5O5S. The summed E-state index contributed by atoms with van der Waals surface area (Å²) in [6.07, 6.45) is -2.74. The Morgan fingerprint density at radius 2 is 2.31 bits per heavy atom. The molecule has 0 saturated carbocycles. The molecule has 11 heteroatoms. The van der Waals surface area contributed by atoms with Crippen LogP contribution in [0, 0.1) is 5.89 Å². The first-order valence-corrected chi connectivity index (χ1v) is 9.04. The van der Waals surface area contributed by atoms with Crippen molar-refractivity contribution in [3.8, 4) is 0 Å². The minimum Gasteiger partial charge on any atom is -0.462 e. The first-order chi connectivity index (χ1) is 12.6. The fraction of sp³-hybridized carbons (Fsp3) is 0.667. The number of aliphatic hydroxyl groups excluding tert-OH is 2. The van der Waals surface area contributed by atoms with Crippen LogP contribution in [0.15, 0.2) is 11.1 Å². The summed E-state index contributed by atoms with van der Waals surface area (Å²) in [5.74, 6) is -0.936. The summed E-state index contributed by atoms with van der Waals surface area (Å²) >= 11 is 1.45. The van der Waals surface area contributed by atoms with Gasteiger partial charge in [0.15, 0.2) is 12.0 Å². The molecule has 1 saturated heterocycles. The molecule has 0 aliphatic carbocycles. The van der Waals surface area contributed by atoms with Gasteiger partial charge in [0.05, 0.1) is 10.8 Å². The van der Waals surface area contributed by atoms with Crippen molar-refractivity contribution in [2.45, 2.75) is 49.3 Å². The van der Waals surface area contributed by atoms with E-state index in [1.807, 2.05) is 0 Å². The Morgan fingerprint density at radius 3 is 3.00 bits per heavy atom. The van der Waals surface area contributed by atoms with Gasteiger partial charge in [0, 0.05) is 7.57 Å². The van der Waals surface area contributed by atoms with Gasteiger partial charge in [0.25, 0.3) is 0 Å². The maximum Gasteiger partial charge on any atom is 0.323 e. The zero-order valence-electron chi connectivity index (χ0n) is 15.4. The third-order valence-corrected chi connectivity index (χ3v) is 5.30. The quantitative estimate of drug-likeness (QED) is 0.455. The lowest BCUT2D eigenvalue weighted by molar-refractivity contribution is -0.151. The number of aromatic nitrogens is 2. The number of anilines is 2. The number of nitrogen functional groups attached to an aromatic ring is 1. The summed E-state index contributed by atoms with van der Waals surface area (Å²) in [6.45, 7) is 2.70. The first kappa shape index (κ1) is 17.7. The van der Waals surface area contributed by atoms with E-state index in [4.69, 9.17) is 22.3 Å². The summed E-state index contributed by atoms with van der Waals surface area (Å²) in [5.41, 5.74) is 11.3. The Morgan fingerprint density at radius 1 is 1.58 bits per heavy atom. The Bertz CT molecular complexity index is 720. The predicted molar refractivity (Wildman–Crippen MR) is 94.1 cm³/mol. The molecule has 144 valence electrons. The highest BCUT2D eigenvalue weighted by atomic mass is 32.2. The third kappa shape index (κ3) is 3.58. The molecule has 26 heavy (non-hydrogen) atoms. The van der Waals surface area contributed by atoms with Crippen LogP contribution in [0.2, 0.25) is 0 Å². The minimum absolute atomic E-state index is 0.0896. The summed E-state index contributed by atoms with van der Waals surface area (Å²) in [7, 11) is 0. The van der Waals surface area contributed by atoms with E-state index in [0.29, 0.717) is 11.7 Å². The number of carbonyl (C=O) groups excluding carboxylic acids is 1. The molecule has 10 nitrogen and oxygen atoms in total. The fourth-order valence-electron chi connectivity index (χ4n) is 2.69. The number of nitrogens with zero attached hydrogens (tertiary/aromatic N) is 3. The molecule has 0 bridgehead atoms. The Hall–Kier alpha value is -1.66. The Kier molecular flexibility index (Phi) is 5.14. The van der Waals surface area contributed by atoms with Crippen LogP contribution in [0.1, 0.15) is 15.2 Å². The van der Waals surface area contributed by atoms with Gasteiger partial charge in [-0.25, -0.2) is 4.98 Å². The van der Waals surface area contributed by atoms with E-state index in [1.165, 1.54) is 25.6 Å². The number of rotatable bonds is 5. The second kappa shape index (κ2) is 7.53. The Labute approximate surface area is 156 Å². The minimum atomic E-state index is -1.27. The smallest absolute Gasteiger partial charge is 0.323 e. The van der Waals surface area contributed by atoms with Crippen molar-refractivity contribution in [1.82, 2.24) is 9.97 Å². The molecule has 0 spiro atoms. The lowest BCUT2D eigenvalue weighted by atomic mass is 10.1.